The molecule has 0 aliphatic rings. The van der Waals surface area contributed by atoms with Crippen LogP contribution in [0.3, 0.4) is 0 Å². The third-order valence-corrected chi connectivity index (χ3v) is 2.12. The molecule has 5 heteroatoms. The number of H-pyrrole nitrogens is 1. The lowest BCUT2D eigenvalue weighted by Gasteiger charge is -1.96. The number of rotatable bonds is 2. The normalized spacial score (nSPS) is 10.5. The molecular weight excluding hydrogens is 194 g/mol. The van der Waals surface area contributed by atoms with E-state index in [0.717, 1.165) is 17.8 Å². The summed E-state index contributed by atoms with van der Waals surface area (Å²) in [6.07, 6.45) is 0.809. The summed E-state index contributed by atoms with van der Waals surface area (Å²) in [5, 5.41) is 0. The van der Waals surface area contributed by atoms with Crippen LogP contribution in [0.1, 0.15) is 23.2 Å². The summed E-state index contributed by atoms with van der Waals surface area (Å²) in [7, 11) is 1.33. The molecule has 78 valence electrons. The molecule has 0 fully saturated rings. The predicted molar refractivity (Wildman–Crippen MR) is 54.6 cm³/mol. The van der Waals surface area contributed by atoms with E-state index in [-0.39, 0.29) is 5.69 Å². The minimum Gasteiger partial charge on any atom is -0.464 e. The van der Waals surface area contributed by atoms with Gasteiger partial charge in [-0.15, -0.1) is 0 Å². The maximum absolute atomic E-state index is 11.2. The fourth-order valence-electron chi connectivity index (χ4n) is 1.33. The maximum Gasteiger partial charge on any atom is 0.356 e. The van der Waals surface area contributed by atoms with Crippen LogP contribution in [0, 0.1) is 0 Å². The molecule has 2 rings (SSSR count). The lowest BCUT2D eigenvalue weighted by Crippen LogP contribution is -2.03. The van der Waals surface area contributed by atoms with E-state index >= 15 is 0 Å². The highest BCUT2D eigenvalue weighted by molar-refractivity contribution is 5.89. The second kappa shape index (κ2) is 3.68. The molecule has 1 N–H and O–H groups in total. The number of nitrogens with one attached hydrogen (secondary N) is 1. The molecule has 0 unspecified atom stereocenters. The number of aromatic nitrogens is 3. The number of hydrogen-bond donors (Lipinski definition) is 1. The first-order valence-electron chi connectivity index (χ1n) is 4.68. The van der Waals surface area contributed by atoms with Crippen molar-refractivity contribution in [2.24, 2.45) is 0 Å². The number of nitrogens with zero attached hydrogens (tertiary/aromatic N) is 2. The second-order valence-electron chi connectivity index (χ2n) is 3.09. The Hall–Kier alpha value is -1.91. The van der Waals surface area contributed by atoms with Crippen LogP contribution in [0.4, 0.5) is 0 Å². The molecule has 0 atom stereocenters. The highest BCUT2D eigenvalue weighted by Crippen LogP contribution is 2.10. The van der Waals surface area contributed by atoms with E-state index in [4.69, 9.17) is 0 Å². The summed E-state index contributed by atoms with van der Waals surface area (Å²) in [6, 6.07) is 3.36. The van der Waals surface area contributed by atoms with Crippen LogP contribution < -0.4 is 0 Å². The Balaban J connectivity index is 2.50. The first-order chi connectivity index (χ1) is 7.24. The Morgan fingerprint density at radius 3 is 2.93 bits per heavy atom. The number of hydrogen-bond acceptors (Lipinski definition) is 4. The van der Waals surface area contributed by atoms with Crippen molar-refractivity contribution < 1.29 is 9.53 Å². The number of aromatic amines is 1. The fraction of sp³-hybridized carbons (Fsp3) is 0.300. The Labute approximate surface area is 86.5 Å². The third-order valence-electron chi connectivity index (χ3n) is 2.12. The van der Waals surface area contributed by atoms with Gasteiger partial charge in [0.2, 0.25) is 0 Å². The number of methoxy groups -OCH3 is 1. The minimum atomic E-state index is -0.440. The number of pyridine rings is 1. The van der Waals surface area contributed by atoms with Gasteiger partial charge in [-0.2, -0.15) is 0 Å². The molecule has 0 aromatic carbocycles. The van der Waals surface area contributed by atoms with Gasteiger partial charge in [0.1, 0.15) is 11.3 Å². The van der Waals surface area contributed by atoms with Crippen LogP contribution in [0.25, 0.3) is 11.2 Å². The van der Waals surface area contributed by atoms with E-state index in [9.17, 15) is 4.79 Å². The van der Waals surface area contributed by atoms with E-state index in [1.54, 1.807) is 12.1 Å². The van der Waals surface area contributed by atoms with Crippen molar-refractivity contribution in [3.05, 3.63) is 23.7 Å². The first-order valence-corrected chi connectivity index (χ1v) is 4.68. The number of imidazole rings is 1. The van der Waals surface area contributed by atoms with E-state index in [1.165, 1.54) is 7.11 Å². The van der Waals surface area contributed by atoms with Gasteiger partial charge < -0.3 is 9.72 Å². The van der Waals surface area contributed by atoms with Crippen molar-refractivity contribution >= 4 is 17.1 Å². The summed E-state index contributed by atoms with van der Waals surface area (Å²) in [5.41, 5.74) is 1.67. The smallest absolute Gasteiger partial charge is 0.356 e. The molecule has 2 heterocycles. The van der Waals surface area contributed by atoms with Gasteiger partial charge in [-0.1, -0.05) is 6.92 Å². The summed E-state index contributed by atoms with van der Waals surface area (Å²) in [4.78, 5) is 22.7. The second-order valence-corrected chi connectivity index (χ2v) is 3.09. The molecule has 0 spiro atoms. The van der Waals surface area contributed by atoms with Crippen molar-refractivity contribution in [3.63, 3.8) is 0 Å². The van der Waals surface area contributed by atoms with Crippen LogP contribution in [0.2, 0.25) is 0 Å². The Kier molecular flexibility index (Phi) is 2.37. The standard InChI is InChI=1S/C10H11N3O2/c1-3-8-11-6-4-5-7(10(14)15-2)12-9(6)13-8/h4-5H,3H2,1-2H3,(H,11,12,13). The van der Waals surface area contributed by atoms with E-state index in [1.807, 2.05) is 6.92 Å². The monoisotopic (exact) mass is 205 g/mol. The van der Waals surface area contributed by atoms with Crippen LogP contribution in [-0.4, -0.2) is 28.0 Å². The molecule has 15 heavy (non-hydrogen) atoms. The van der Waals surface area contributed by atoms with Crippen LogP contribution in [0.15, 0.2) is 12.1 Å². The molecule has 5 nitrogen and oxygen atoms in total. The van der Waals surface area contributed by atoms with Gasteiger partial charge >= 0.3 is 5.97 Å². The number of aryl methyl sites for hydroxylation is 1. The van der Waals surface area contributed by atoms with Gasteiger partial charge in [0, 0.05) is 6.42 Å². The number of ether oxygens (including phenoxy) is 1. The van der Waals surface area contributed by atoms with E-state index in [0.29, 0.717) is 5.65 Å². The SMILES string of the molecule is CCc1nc2ccc(C(=O)OC)nc2[nH]1. The number of carbonyl (C=O) groups is 1. The lowest BCUT2D eigenvalue weighted by atomic mass is 10.3. The van der Waals surface area contributed by atoms with Crippen molar-refractivity contribution in [3.8, 4) is 0 Å². The fourth-order valence-corrected chi connectivity index (χ4v) is 1.33. The van der Waals surface area contributed by atoms with Gasteiger partial charge in [0.15, 0.2) is 11.3 Å². The topological polar surface area (TPSA) is 67.9 Å². The van der Waals surface area contributed by atoms with Crippen molar-refractivity contribution in [1.82, 2.24) is 15.0 Å². The van der Waals surface area contributed by atoms with Crippen LogP contribution >= 0.6 is 0 Å². The molecule has 0 saturated carbocycles. The molecule has 0 aliphatic heterocycles. The average Bonchev–Trinajstić information content (AvgIpc) is 2.69. The zero-order valence-electron chi connectivity index (χ0n) is 8.57. The molecule has 0 saturated heterocycles. The summed E-state index contributed by atoms with van der Waals surface area (Å²) >= 11 is 0. The van der Waals surface area contributed by atoms with Crippen LogP contribution in [0.5, 0.6) is 0 Å². The van der Waals surface area contributed by atoms with E-state index < -0.39 is 5.97 Å². The molecule has 0 amide bonds. The Morgan fingerprint density at radius 2 is 2.27 bits per heavy atom. The van der Waals surface area contributed by atoms with Gasteiger partial charge in [-0.25, -0.2) is 14.8 Å². The molecule has 0 bridgehead atoms. The summed E-state index contributed by atoms with van der Waals surface area (Å²) in [6.45, 7) is 2.00. The average molecular weight is 205 g/mol. The van der Waals surface area contributed by atoms with Crippen molar-refractivity contribution in [1.29, 1.82) is 0 Å². The molecule has 0 radical (unpaired) electrons. The molecular formula is C10H11N3O2. The van der Waals surface area contributed by atoms with Gasteiger partial charge in [-0.3, -0.25) is 0 Å². The van der Waals surface area contributed by atoms with Crippen molar-refractivity contribution in [2.75, 3.05) is 7.11 Å². The predicted octanol–water partition coefficient (Wildman–Crippen LogP) is 1.31. The zero-order chi connectivity index (χ0) is 10.8. The van der Waals surface area contributed by atoms with Crippen molar-refractivity contribution in [2.45, 2.75) is 13.3 Å². The van der Waals surface area contributed by atoms with Gasteiger partial charge in [-0.05, 0) is 12.1 Å². The van der Waals surface area contributed by atoms with Gasteiger partial charge in [0.05, 0.1) is 7.11 Å². The summed E-state index contributed by atoms with van der Waals surface area (Å²) < 4.78 is 4.58. The molecule has 2 aromatic heterocycles. The van der Waals surface area contributed by atoms with Gasteiger partial charge in [0.25, 0.3) is 0 Å². The van der Waals surface area contributed by atoms with E-state index in [2.05, 4.69) is 19.7 Å². The van der Waals surface area contributed by atoms with Crippen LogP contribution in [-0.2, 0) is 11.2 Å². The Bertz CT molecular complexity index is 504. The largest absolute Gasteiger partial charge is 0.464 e. The Morgan fingerprint density at radius 1 is 1.47 bits per heavy atom. The zero-order valence-corrected chi connectivity index (χ0v) is 8.57. The summed E-state index contributed by atoms with van der Waals surface area (Å²) in [5.74, 6) is 0.420. The highest BCUT2D eigenvalue weighted by Gasteiger charge is 2.09. The number of esters is 1. The number of fused-ring (bicyclic) bond motifs is 1. The third kappa shape index (κ3) is 1.68. The quantitative estimate of drug-likeness (QED) is 0.750. The lowest BCUT2D eigenvalue weighted by molar-refractivity contribution is 0.0594. The minimum absolute atomic E-state index is 0.288. The highest BCUT2D eigenvalue weighted by atomic mass is 16.5. The number of carbonyl (C=O) groups excluding carboxylic acids is 1. The molecule has 2 aromatic rings. The molecule has 0 aliphatic carbocycles. The first kappa shape index (κ1) is 9.64. The maximum atomic E-state index is 11.2.